The van der Waals surface area contributed by atoms with E-state index in [1.54, 1.807) is 6.07 Å². The van der Waals surface area contributed by atoms with E-state index in [1.807, 2.05) is 0 Å². The molecule has 4 nitrogen and oxygen atoms in total. The summed E-state index contributed by atoms with van der Waals surface area (Å²) in [6.45, 7) is 2.27. The van der Waals surface area contributed by atoms with Crippen molar-refractivity contribution in [1.82, 2.24) is 0 Å². The van der Waals surface area contributed by atoms with Crippen LogP contribution in [-0.4, -0.2) is 18.8 Å². The van der Waals surface area contributed by atoms with E-state index in [0.29, 0.717) is 6.42 Å². The van der Waals surface area contributed by atoms with Crippen LogP contribution in [0.25, 0.3) is 0 Å². The Balaban J connectivity index is 1.95. The third-order valence-corrected chi connectivity index (χ3v) is 6.88. The Labute approximate surface area is 191 Å². The van der Waals surface area contributed by atoms with Gasteiger partial charge in [0, 0.05) is 12.0 Å². The molecule has 0 heterocycles. The first-order valence-electron chi connectivity index (χ1n) is 12.6. The van der Waals surface area contributed by atoms with Crippen LogP contribution < -0.4 is 0 Å². The topological polar surface area (TPSA) is 71.4 Å². The van der Waals surface area contributed by atoms with Crippen molar-refractivity contribution < 1.29 is 17.8 Å². The van der Waals surface area contributed by atoms with Gasteiger partial charge in [-0.05, 0) is 12.5 Å². The first-order chi connectivity index (χ1) is 15.0. The van der Waals surface area contributed by atoms with Crippen molar-refractivity contribution in [2.45, 2.75) is 127 Å². The van der Waals surface area contributed by atoms with Gasteiger partial charge in [-0.15, -0.1) is 0 Å². The van der Waals surface area contributed by atoms with Crippen molar-refractivity contribution in [3.63, 3.8) is 0 Å². The van der Waals surface area contributed by atoms with Gasteiger partial charge in [-0.1, -0.05) is 128 Å². The fourth-order valence-corrected chi connectivity index (χ4v) is 4.78. The SMILES string of the molecule is CCCCCCCCCCCCCCCCCCCC(=O)c1ccccc1S(=O)(=O)O. The van der Waals surface area contributed by atoms with Crippen LogP contribution >= 0.6 is 0 Å². The molecule has 0 aromatic heterocycles. The molecular weight excluding hydrogens is 408 g/mol. The minimum Gasteiger partial charge on any atom is -0.294 e. The third kappa shape index (κ3) is 13.7. The van der Waals surface area contributed by atoms with Gasteiger partial charge in [0.25, 0.3) is 10.1 Å². The molecule has 0 atom stereocenters. The van der Waals surface area contributed by atoms with Crippen LogP contribution in [-0.2, 0) is 10.1 Å². The molecule has 1 rings (SSSR count). The molecule has 0 radical (unpaired) electrons. The van der Waals surface area contributed by atoms with Crippen molar-refractivity contribution in [1.29, 1.82) is 0 Å². The van der Waals surface area contributed by atoms with Gasteiger partial charge >= 0.3 is 0 Å². The number of carbonyl (C=O) groups excluding carboxylic acids is 1. The molecule has 1 aromatic carbocycles. The zero-order valence-electron chi connectivity index (χ0n) is 19.6. The average Bonchev–Trinajstić information content (AvgIpc) is 2.75. The molecule has 0 bridgehead atoms. The molecule has 0 saturated carbocycles. The lowest BCUT2D eigenvalue weighted by Gasteiger charge is -2.06. The lowest BCUT2D eigenvalue weighted by atomic mass is 10.0. The van der Waals surface area contributed by atoms with Crippen LogP contribution in [0.2, 0.25) is 0 Å². The van der Waals surface area contributed by atoms with Gasteiger partial charge in [-0.25, -0.2) is 0 Å². The molecule has 1 N–H and O–H groups in total. The van der Waals surface area contributed by atoms with Crippen LogP contribution in [0.4, 0.5) is 0 Å². The summed E-state index contributed by atoms with van der Waals surface area (Å²) in [5.41, 5.74) is 0.0986. The Hall–Kier alpha value is -1.20. The first-order valence-corrected chi connectivity index (χ1v) is 14.0. The number of hydrogen-bond donors (Lipinski definition) is 1. The number of ketones is 1. The van der Waals surface area contributed by atoms with Crippen molar-refractivity contribution in [3.8, 4) is 0 Å². The molecular formula is C26H44O4S. The summed E-state index contributed by atoms with van der Waals surface area (Å²) >= 11 is 0. The predicted molar refractivity (Wildman–Crippen MR) is 129 cm³/mol. The second-order valence-electron chi connectivity index (χ2n) is 8.80. The maximum atomic E-state index is 12.3. The van der Waals surface area contributed by atoms with Gasteiger partial charge in [0.05, 0.1) is 0 Å². The lowest BCUT2D eigenvalue weighted by Crippen LogP contribution is -2.08. The van der Waals surface area contributed by atoms with Gasteiger partial charge in [-0.2, -0.15) is 8.42 Å². The van der Waals surface area contributed by atoms with Crippen molar-refractivity contribution in [3.05, 3.63) is 29.8 Å². The molecule has 0 aliphatic rings. The Morgan fingerprint density at radius 3 is 1.48 bits per heavy atom. The monoisotopic (exact) mass is 452 g/mol. The van der Waals surface area contributed by atoms with E-state index in [1.165, 1.54) is 108 Å². The number of carbonyl (C=O) groups is 1. The molecule has 1 aromatic rings. The number of benzene rings is 1. The molecule has 0 fully saturated rings. The molecule has 0 amide bonds. The standard InChI is InChI=1S/C26H44O4S/c1-2-3-4-5-6-7-8-9-10-11-12-13-14-15-16-17-18-22-25(27)24-21-19-20-23-26(24)31(28,29)30/h19-21,23H,2-18,22H2,1H3,(H,28,29,30). The summed E-state index contributed by atoms with van der Waals surface area (Å²) in [6.07, 6.45) is 22.2. The highest BCUT2D eigenvalue weighted by Crippen LogP contribution is 2.19. The average molecular weight is 453 g/mol. The maximum absolute atomic E-state index is 12.3. The van der Waals surface area contributed by atoms with E-state index in [-0.39, 0.29) is 16.2 Å². The zero-order chi connectivity index (χ0) is 22.8. The number of hydrogen-bond acceptors (Lipinski definition) is 3. The molecule has 178 valence electrons. The Morgan fingerprint density at radius 1 is 0.677 bits per heavy atom. The van der Waals surface area contributed by atoms with Gasteiger partial charge in [-0.3, -0.25) is 9.35 Å². The number of unbranched alkanes of at least 4 members (excludes halogenated alkanes) is 16. The number of rotatable bonds is 20. The second-order valence-corrected chi connectivity index (χ2v) is 10.2. The van der Waals surface area contributed by atoms with Crippen LogP contribution in [0.1, 0.15) is 133 Å². The molecule has 31 heavy (non-hydrogen) atoms. The highest BCUT2D eigenvalue weighted by atomic mass is 32.2. The quantitative estimate of drug-likeness (QED) is 0.123. The van der Waals surface area contributed by atoms with E-state index in [0.717, 1.165) is 19.3 Å². The van der Waals surface area contributed by atoms with Gasteiger partial charge in [0.1, 0.15) is 4.90 Å². The van der Waals surface area contributed by atoms with Gasteiger partial charge in [0.2, 0.25) is 0 Å². The molecule has 0 unspecified atom stereocenters. The third-order valence-electron chi connectivity index (χ3n) is 5.97. The van der Waals surface area contributed by atoms with Gasteiger partial charge in [0.15, 0.2) is 5.78 Å². The largest absolute Gasteiger partial charge is 0.295 e. The molecule has 0 aliphatic heterocycles. The molecule has 0 spiro atoms. The van der Waals surface area contributed by atoms with Crippen molar-refractivity contribution >= 4 is 15.9 Å². The van der Waals surface area contributed by atoms with E-state index in [9.17, 15) is 17.8 Å². The van der Waals surface area contributed by atoms with Crippen LogP contribution in [0.3, 0.4) is 0 Å². The minimum atomic E-state index is -4.36. The first kappa shape index (κ1) is 27.8. The van der Waals surface area contributed by atoms with Crippen LogP contribution in [0.5, 0.6) is 0 Å². The van der Waals surface area contributed by atoms with E-state index in [2.05, 4.69) is 6.92 Å². The molecule has 5 heteroatoms. The summed E-state index contributed by atoms with van der Waals surface area (Å²) in [5, 5.41) is 0. The van der Waals surface area contributed by atoms with E-state index in [4.69, 9.17) is 0 Å². The van der Waals surface area contributed by atoms with Crippen molar-refractivity contribution in [2.24, 2.45) is 0 Å². The Bertz CT molecular complexity index is 697. The zero-order valence-corrected chi connectivity index (χ0v) is 20.4. The fourth-order valence-electron chi connectivity index (χ4n) is 4.07. The minimum absolute atomic E-state index is 0.0986. The van der Waals surface area contributed by atoms with Crippen molar-refractivity contribution in [2.75, 3.05) is 0 Å². The summed E-state index contributed by atoms with van der Waals surface area (Å²) < 4.78 is 32.0. The predicted octanol–water partition coefficient (Wildman–Crippen LogP) is 8.16. The summed E-state index contributed by atoms with van der Waals surface area (Å²) in [7, 11) is -4.36. The highest BCUT2D eigenvalue weighted by molar-refractivity contribution is 7.86. The lowest BCUT2D eigenvalue weighted by molar-refractivity contribution is 0.0975. The summed E-state index contributed by atoms with van der Waals surface area (Å²) in [6, 6.07) is 5.88. The van der Waals surface area contributed by atoms with E-state index < -0.39 is 10.1 Å². The summed E-state index contributed by atoms with van der Waals surface area (Å²) in [4.78, 5) is 12.0. The van der Waals surface area contributed by atoms with Crippen LogP contribution in [0, 0.1) is 0 Å². The Morgan fingerprint density at radius 2 is 1.06 bits per heavy atom. The smallest absolute Gasteiger partial charge is 0.294 e. The molecule has 0 saturated heterocycles. The fraction of sp³-hybridized carbons (Fsp3) is 0.731. The molecule has 0 aliphatic carbocycles. The van der Waals surface area contributed by atoms with E-state index >= 15 is 0 Å². The summed E-state index contributed by atoms with van der Waals surface area (Å²) in [5.74, 6) is -0.214. The normalized spacial score (nSPS) is 11.7. The second kappa shape index (κ2) is 17.4. The van der Waals surface area contributed by atoms with Crippen LogP contribution in [0.15, 0.2) is 29.2 Å². The highest BCUT2D eigenvalue weighted by Gasteiger charge is 2.19. The number of Topliss-reactive ketones (excluding diaryl/α,β-unsaturated/α-hetero) is 1. The maximum Gasteiger partial charge on any atom is 0.295 e. The van der Waals surface area contributed by atoms with Gasteiger partial charge < -0.3 is 0 Å². The Kier molecular flexibility index (Phi) is 15.6.